The van der Waals surface area contributed by atoms with Crippen LogP contribution in [-0.4, -0.2) is 41.1 Å². The lowest BCUT2D eigenvalue weighted by Crippen LogP contribution is -2.33. The maximum Gasteiger partial charge on any atom is 0.273 e. The first kappa shape index (κ1) is 15.0. The molecule has 1 aliphatic carbocycles. The highest BCUT2D eigenvalue weighted by atomic mass is 16.3. The third-order valence-electron chi connectivity index (χ3n) is 4.75. The molecule has 0 saturated carbocycles. The van der Waals surface area contributed by atoms with Gasteiger partial charge < -0.3 is 14.6 Å². The van der Waals surface area contributed by atoms with Crippen LogP contribution in [0.5, 0.6) is 0 Å². The summed E-state index contributed by atoms with van der Waals surface area (Å²) in [6.45, 7) is 0. The van der Waals surface area contributed by atoms with Gasteiger partial charge in [-0.25, -0.2) is 0 Å². The van der Waals surface area contributed by atoms with E-state index >= 15 is 0 Å². The molecule has 2 heterocycles. The summed E-state index contributed by atoms with van der Waals surface area (Å²) in [5.74, 6) is 0.885. The third kappa shape index (κ3) is 2.59. The molecule has 1 aliphatic rings. The molecule has 3 aromatic rings. The Morgan fingerprint density at radius 2 is 2.25 bits per heavy atom. The van der Waals surface area contributed by atoms with Crippen molar-refractivity contribution in [3.8, 4) is 0 Å². The van der Waals surface area contributed by atoms with Gasteiger partial charge in [0.25, 0.3) is 5.91 Å². The van der Waals surface area contributed by atoms with Gasteiger partial charge in [0.05, 0.1) is 0 Å². The summed E-state index contributed by atoms with van der Waals surface area (Å²) < 4.78 is 6.00. The number of amides is 1. The van der Waals surface area contributed by atoms with E-state index in [1.54, 1.807) is 12.3 Å². The maximum atomic E-state index is 12.2. The van der Waals surface area contributed by atoms with Crippen LogP contribution in [0.1, 0.15) is 28.2 Å². The first-order valence-electron chi connectivity index (χ1n) is 8.13. The highest BCUT2D eigenvalue weighted by Crippen LogP contribution is 2.34. The molecule has 6 heteroatoms. The van der Waals surface area contributed by atoms with E-state index in [-0.39, 0.29) is 5.91 Å². The number of aryl methyl sites for hydroxylation is 1. The molecule has 2 N–H and O–H groups in total. The lowest BCUT2D eigenvalue weighted by molar-refractivity contribution is 0.102. The summed E-state index contributed by atoms with van der Waals surface area (Å²) >= 11 is 0. The molecule has 1 amide bonds. The third-order valence-corrected chi connectivity index (χ3v) is 4.75. The molecule has 0 fully saturated rings. The normalized spacial score (nSPS) is 17.2. The minimum absolute atomic E-state index is 0.199. The number of carbonyl (C=O) groups excluding carboxylic acids is 1. The number of hydrogen-bond acceptors (Lipinski definition) is 4. The summed E-state index contributed by atoms with van der Waals surface area (Å²) in [6.07, 6.45) is 4.62. The summed E-state index contributed by atoms with van der Waals surface area (Å²) in [4.78, 5) is 14.4. The van der Waals surface area contributed by atoms with Crippen molar-refractivity contribution < 1.29 is 9.21 Å². The van der Waals surface area contributed by atoms with Gasteiger partial charge in [0.2, 0.25) is 0 Å². The van der Waals surface area contributed by atoms with Crippen LogP contribution in [0.2, 0.25) is 0 Å². The predicted molar refractivity (Wildman–Crippen MR) is 92.3 cm³/mol. The van der Waals surface area contributed by atoms with Crippen molar-refractivity contribution in [2.45, 2.75) is 25.3 Å². The molecule has 1 unspecified atom stereocenters. The second-order valence-corrected chi connectivity index (χ2v) is 6.50. The number of aromatic amines is 1. The second kappa shape index (κ2) is 5.79. The molecule has 0 aliphatic heterocycles. The van der Waals surface area contributed by atoms with Crippen molar-refractivity contribution in [1.29, 1.82) is 0 Å². The fourth-order valence-electron chi connectivity index (χ4n) is 3.36. The van der Waals surface area contributed by atoms with Crippen molar-refractivity contribution >= 4 is 22.6 Å². The number of nitrogens with zero attached hydrogens (tertiary/aromatic N) is 2. The Hall–Kier alpha value is -2.60. The molecule has 0 saturated heterocycles. The molecule has 0 radical (unpaired) electrons. The molecule has 24 heavy (non-hydrogen) atoms. The van der Waals surface area contributed by atoms with E-state index < -0.39 is 0 Å². The Balaban J connectivity index is 1.65. The molecule has 124 valence electrons. The van der Waals surface area contributed by atoms with Gasteiger partial charge in [0.15, 0.2) is 0 Å². The Bertz CT molecular complexity index is 880. The molecule has 6 nitrogen and oxygen atoms in total. The van der Waals surface area contributed by atoms with Gasteiger partial charge in [0.1, 0.15) is 17.0 Å². The van der Waals surface area contributed by atoms with E-state index in [0.29, 0.717) is 11.7 Å². The zero-order chi connectivity index (χ0) is 16.7. The standard InChI is InChI=1S/C18H20N4O2/c1-22(2)12-4-6-17-14(10-12)13-9-11(3-5-16(13)24-17)20-18(23)15-7-8-19-21-15/h3,5,7-9,12H,4,6,10H2,1-2H3,(H,19,21)(H,20,23). The van der Waals surface area contributed by atoms with Crippen molar-refractivity contribution in [1.82, 2.24) is 15.1 Å². The highest BCUT2D eigenvalue weighted by molar-refractivity contribution is 6.03. The van der Waals surface area contributed by atoms with E-state index in [0.717, 1.165) is 41.7 Å². The summed E-state index contributed by atoms with van der Waals surface area (Å²) in [6, 6.07) is 7.98. The number of nitrogens with one attached hydrogen (secondary N) is 2. The molecule has 0 spiro atoms. The van der Waals surface area contributed by atoms with Crippen LogP contribution >= 0.6 is 0 Å². The van der Waals surface area contributed by atoms with E-state index in [1.807, 2.05) is 18.2 Å². The first-order chi connectivity index (χ1) is 11.6. The number of carbonyl (C=O) groups is 1. The van der Waals surface area contributed by atoms with Crippen molar-refractivity contribution in [2.24, 2.45) is 0 Å². The molecule has 0 bridgehead atoms. The van der Waals surface area contributed by atoms with Gasteiger partial charge in [-0.3, -0.25) is 9.89 Å². The van der Waals surface area contributed by atoms with Crippen LogP contribution in [-0.2, 0) is 12.8 Å². The Morgan fingerprint density at radius 1 is 1.38 bits per heavy atom. The first-order valence-corrected chi connectivity index (χ1v) is 8.13. The van der Waals surface area contributed by atoms with Crippen molar-refractivity contribution in [3.05, 3.63) is 47.5 Å². The lowest BCUT2D eigenvalue weighted by atomic mass is 9.91. The van der Waals surface area contributed by atoms with Crippen LogP contribution in [0.25, 0.3) is 11.0 Å². The second-order valence-electron chi connectivity index (χ2n) is 6.50. The zero-order valence-electron chi connectivity index (χ0n) is 13.8. The number of aromatic nitrogens is 2. The smallest absolute Gasteiger partial charge is 0.273 e. The van der Waals surface area contributed by atoms with Crippen LogP contribution in [0, 0.1) is 0 Å². The van der Waals surface area contributed by atoms with E-state index in [1.165, 1.54) is 5.56 Å². The van der Waals surface area contributed by atoms with E-state index in [9.17, 15) is 4.79 Å². The quantitative estimate of drug-likeness (QED) is 0.777. The largest absolute Gasteiger partial charge is 0.461 e. The van der Waals surface area contributed by atoms with E-state index in [4.69, 9.17) is 4.42 Å². The number of furan rings is 1. The van der Waals surface area contributed by atoms with Gasteiger partial charge in [-0.15, -0.1) is 0 Å². The van der Waals surface area contributed by atoms with Gasteiger partial charge in [-0.05, 0) is 51.2 Å². The van der Waals surface area contributed by atoms with Gasteiger partial charge in [0, 0.05) is 35.3 Å². The molecule has 1 aromatic carbocycles. The highest BCUT2D eigenvalue weighted by Gasteiger charge is 2.25. The maximum absolute atomic E-state index is 12.2. The fourth-order valence-corrected chi connectivity index (χ4v) is 3.36. The average Bonchev–Trinajstić information content (AvgIpc) is 3.21. The van der Waals surface area contributed by atoms with Crippen LogP contribution in [0.15, 0.2) is 34.9 Å². The minimum Gasteiger partial charge on any atom is -0.461 e. The number of rotatable bonds is 3. The lowest BCUT2D eigenvalue weighted by Gasteiger charge is -2.27. The molecular formula is C18H20N4O2. The molecule has 4 rings (SSSR count). The molecule has 2 aromatic heterocycles. The molecule has 1 atom stereocenters. The summed E-state index contributed by atoms with van der Waals surface area (Å²) in [5, 5.41) is 10.5. The number of likely N-dealkylation sites (N-methyl/N-ethyl adjacent to an activating group) is 1. The molecular weight excluding hydrogens is 304 g/mol. The van der Waals surface area contributed by atoms with Crippen molar-refractivity contribution in [2.75, 3.05) is 19.4 Å². The van der Waals surface area contributed by atoms with Crippen molar-refractivity contribution in [3.63, 3.8) is 0 Å². The minimum atomic E-state index is -0.199. The summed E-state index contributed by atoms with van der Waals surface area (Å²) in [5.41, 5.74) is 3.36. The number of H-pyrrole nitrogens is 1. The van der Waals surface area contributed by atoms with Gasteiger partial charge >= 0.3 is 0 Å². The van der Waals surface area contributed by atoms with Crippen LogP contribution in [0.3, 0.4) is 0 Å². The topological polar surface area (TPSA) is 74.2 Å². The SMILES string of the molecule is CN(C)C1CCc2oc3ccc(NC(=O)c4ccn[nH]4)cc3c2C1. The summed E-state index contributed by atoms with van der Waals surface area (Å²) in [7, 11) is 4.24. The fraction of sp³-hybridized carbons (Fsp3) is 0.333. The van der Waals surface area contributed by atoms with E-state index in [2.05, 4.69) is 34.5 Å². The zero-order valence-corrected chi connectivity index (χ0v) is 13.8. The number of hydrogen-bond donors (Lipinski definition) is 2. The number of anilines is 1. The predicted octanol–water partition coefficient (Wildman–Crippen LogP) is 2.83. The average molecular weight is 324 g/mol. The van der Waals surface area contributed by atoms with Gasteiger partial charge in [-0.1, -0.05) is 0 Å². The number of benzene rings is 1. The van der Waals surface area contributed by atoms with Crippen LogP contribution < -0.4 is 5.32 Å². The Labute approximate surface area is 139 Å². The number of fused-ring (bicyclic) bond motifs is 3. The monoisotopic (exact) mass is 324 g/mol. The van der Waals surface area contributed by atoms with Crippen LogP contribution in [0.4, 0.5) is 5.69 Å². The van der Waals surface area contributed by atoms with Gasteiger partial charge in [-0.2, -0.15) is 5.10 Å². The Kier molecular flexibility index (Phi) is 3.61. The Morgan fingerprint density at radius 3 is 3.00 bits per heavy atom.